The van der Waals surface area contributed by atoms with E-state index < -0.39 is 5.41 Å². The third-order valence-electron chi connectivity index (χ3n) is 2.51. The molecule has 0 aromatic rings. The van der Waals surface area contributed by atoms with Crippen LogP contribution in [0.2, 0.25) is 0 Å². The number of rotatable bonds is 1. The summed E-state index contributed by atoms with van der Waals surface area (Å²) in [7, 11) is 1.42. The molecule has 1 aliphatic heterocycles. The Bertz CT molecular complexity index is 167. The summed E-state index contributed by atoms with van der Waals surface area (Å²) in [6, 6.07) is 0. The summed E-state index contributed by atoms with van der Waals surface area (Å²) >= 11 is 0. The summed E-state index contributed by atoms with van der Waals surface area (Å²) in [5.74, 6) is 0.0949. The van der Waals surface area contributed by atoms with Crippen LogP contribution in [-0.2, 0) is 14.3 Å². The summed E-state index contributed by atoms with van der Waals surface area (Å²) in [6.45, 7) is 5.03. The Hall–Kier alpha value is -0.570. The quantitative estimate of drug-likeness (QED) is 0.530. The Morgan fingerprint density at radius 3 is 2.73 bits per heavy atom. The van der Waals surface area contributed by atoms with Crippen LogP contribution in [0.3, 0.4) is 0 Å². The van der Waals surface area contributed by atoms with Crippen molar-refractivity contribution in [1.82, 2.24) is 0 Å². The zero-order valence-electron chi connectivity index (χ0n) is 7.22. The lowest BCUT2D eigenvalue weighted by atomic mass is 9.81. The van der Waals surface area contributed by atoms with E-state index in [9.17, 15) is 4.79 Å². The zero-order valence-corrected chi connectivity index (χ0v) is 7.22. The third kappa shape index (κ3) is 1.25. The molecule has 1 aliphatic rings. The van der Waals surface area contributed by atoms with Crippen LogP contribution >= 0.6 is 0 Å². The molecule has 0 bridgehead atoms. The molecular formula is C8H14O3. The van der Waals surface area contributed by atoms with E-state index in [1.165, 1.54) is 7.11 Å². The molecule has 0 aliphatic carbocycles. The molecule has 3 nitrogen and oxygen atoms in total. The first kappa shape index (κ1) is 8.53. The number of hydrogen-bond acceptors (Lipinski definition) is 3. The van der Waals surface area contributed by atoms with Crippen LogP contribution in [0, 0.1) is 11.3 Å². The average molecular weight is 158 g/mol. The van der Waals surface area contributed by atoms with Crippen molar-refractivity contribution in [3.05, 3.63) is 0 Å². The van der Waals surface area contributed by atoms with E-state index >= 15 is 0 Å². The van der Waals surface area contributed by atoms with Crippen molar-refractivity contribution < 1.29 is 14.3 Å². The Balaban J connectivity index is 2.72. The second kappa shape index (κ2) is 2.81. The first-order valence-corrected chi connectivity index (χ1v) is 3.77. The minimum absolute atomic E-state index is 0.164. The zero-order chi connectivity index (χ0) is 8.48. The summed E-state index contributed by atoms with van der Waals surface area (Å²) in [5, 5.41) is 0. The van der Waals surface area contributed by atoms with Gasteiger partial charge in [-0.05, 0) is 12.8 Å². The van der Waals surface area contributed by atoms with Crippen LogP contribution in [0.4, 0.5) is 0 Å². The normalized spacial score (nSPS) is 37.2. The van der Waals surface area contributed by atoms with Crippen LogP contribution in [0.5, 0.6) is 0 Å². The molecule has 0 aromatic heterocycles. The topological polar surface area (TPSA) is 35.5 Å². The molecule has 0 amide bonds. The summed E-state index contributed by atoms with van der Waals surface area (Å²) in [6.07, 6.45) is 0. The van der Waals surface area contributed by atoms with Crippen LogP contribution < -0.4 is 0 Å². The van der Waals surface area contributed by atoms with Gasteiger partial charge in [0.15, 0.2) is 0 Å². The molecule has 1 saturated heterocycles. The van der Waals surface area contributed by atoms with Crippen LogP contribution in [0.1, 0.15) is 13.8 Å². The van der Waals surface area contributed by atoms with E-state index in [1.54, 1.807) is 0 Å². The van der Waals surface area contributed by atoms with Crippen LogP contribution in [-0.4, -0.2) is 26.3 Å². The van der Waals surface area contributed by atoms with E-state index in [0.717, 1.165) is 0 Å². The molecule has 0 aromatic carbocycles. The first-order valence-electron chi connectivity index (χ1n) is 3.77. The molecule has 0 radical (unpaired) electrons. The Labute approximate surface area is 66.7 Å². The van der Waals surface area contributed by atoms with Crippen molar-refractivity contribution in [1.29, 1.82) is 0 Å². The fourth-order valence-corrected chi connectivity index (χ4v) is 1.27. The van der Waals surface area contributed by atoms with Gasteiger partial charge in [0, 0.05) is 0 Å². The molecule has 11 heavy (non-hydrogen) atoms. The molecule has 64 valence electrons. The predicted molar refractivity (Wildman–Crippen MR) is 40.1 cm³/mol. The predicted octanol–water partition coefficient (Wildman–Crippen LogP) is 0.832. The molecule has 1 fully saturated rings. The molecule has 3 heteroatoms. The fraction of sp³-hybridized carbons (Fsp3) is 0.875. The van der Waals surface area contributed by atoms with Gasteiger partial charge < -0.3 is 9.47 Å². The lowest BCUT2D eigenvalue weighted by Gasteiger charge is -2.22. The molecule has 1 rings (SSSR count). The fourth-order valence-electron chi connectivity index (χ4n) is 1.27. The van der Waals surface area contributed by atoms with Gasteiger partial charge >= 0.3 is 5.97 Å². The number of ether oxygens (including phenoxy) is 2. The highest BCUT2D eigenvalue weighted by atomic mass is 16.5. The van der Waals surface area contributed by atoms with Crippen LogP contribution in [0.15, 0.2) is 0 Å². The largest absolute Gasteiger partial charge is 0.469 e. The molecule has 2 unspecified atom stereocenters. The Morgan fingerprint density at radius 1 is 1.73 bits per heavy atom. The standard InChI is InChI=1S/C8H14O3/c1-6-4-11-5-8(6,2)7(9)10-3/h6H,4-5H2,1-3H3. The van der Waals surface area contributed by atoms with Gasteiger partial charge in [0.1, 0.15) is 0 Å². The molecule has 0 saturated carbocycles. The molecule has 1 heterocycles. The Kier molecular flexibility index (Phi) is 2.18. The van der Waals surface area contributed by atoms with Crippen molar-refractivity contribution in [3.63, 3.8) is 0 Å². The lowest BCUT2D eigenvalue weighted by Crippen LogP contribution is -2.34. The summed E-state index contributed by atoms with van der Waals surface area (Å²) in [4.78, 5) is 11.2. The van der Waals surface area contributed by atoms with Crippen molar-refractivity contribution in [3.8, 4) is 0 Å². The summed E-state index contributed by atoms with van der Waals surface area (Å²) in [5.41, 5.74) is -0.422. The van der Waals surface area contributed by atoms with Gasteiger partial charge in [-0.1, -0.05) is 6.92 Å². The SMILES string of the molecule is COC(=O)C1(C)COCC1C. The number of methoxy groups -OCH3 is 1. The van der Waals surface area contributed by atoms with Crippen molar-refractivity contribution in [2.45, 2.75) is 13.8 Å². The third-order valence-corrected chi connectivity index (χ3v) is 2.51. The molecular weight excluding hydrogens is 144 g/mol. The maximum atomic E-state index is 11.2. The van der Waals surface area contributed by atoms with Gasteiger partial charge in [-0.25, -0.2) is 0 Å². The van der Waals surface area contributed by atoms with Crippen LogP contribution in [0.25, 0.3) is 0 Å². The molecule has 0 spiro atoms. The maximum Gasteiger partial charge on any atom is 0.314 e. The van der Waals surface area contributed by atoms with Gasteiger partial charge in [0.05, 0.1) is 25.7 Å². The highest BCUT2D eigenvalue weighted by Crippen LogP contribution is 2.34. The monoisotopic (exact) mass is 158 g/mol. The maximum absolute atomic E-state index is 11.2. The van der Waals surface area contributed by atoms with Gasteiger partial charge in [0.25, 0.3) is 0 Å². The Morgan fingerprint density at radius 2 is 2.36 bits per heavy atom. The number of hydrogen-bond donors (Lipinski definition) is 0. The van der Waals surface area contributed by atoms with E-state index in [4.69, 9.17) is 4.74 Å². The highest BCUT2D eigenvalue weighted by molar-refractivity contribution is 5.77. The number of carbonyl (C=O) groups is 1. The minimum atomic E-state index is -0.422. The van der Waals surface area contributed by atoms with E-state index in [2.05, 4.69) is 4.74 Å². The molecule has 0 N–H and O–H groups in total. The number of esters is 1. The minimum Gasteiger partial charge on any atom is -0.469 e. The van der Waals surface area contributed by atoms with Gasteiger partial charge in [-0.15, -0.1) is 0 Å². The lowest BCUT2D eigenvalue weighted by molar-refractivity contribution is -0.153. The average Bonchev–Trinajstić information content (AvgIpc) is 2.32. The van der Waals surface area contributed by atoms with Crippen molar-refractivity contribution in [2.24, 2.45) is 11.3 Å². The van der Waals surface area contributed by atoms with E-state index in [-0.39, 0.29) is 11.9 Å². The first-order chi connectivity index (χ1) is 5.11. The van der Waals surface area contributed by atoms with Gasteiger partial charge in [-0.3, -0.25) is 4.79 Å². The number of carbonyl (C=O) groups excluding carboxylic acids is 1. The van der Waals surface area contributed by atoms with Gasteiger partial charge in [-0.2, -0.15) is 0 Å². The van der Waals surface area contributed by atoms with E-state index in [0.29, 0.717) is 13.2 Å². The highest BCUT2D eigenvalue weighted by Gasteiger charge is 2.44. The molecule has 2 atom stereocenters. The van der Waals surface area contributed by atoms with Crippen molar-refractivity contribution >= 4 is 5.97 Å². The summed E-state index contributed by atoms with van der Waals surface area (Å²) < 4.78 is 9.88. The second-order valence-corrected chi connectivity index (χ2v) is 3.33. The van der Waals surface area contributed by atoms with Crippen molar-refractivity contribution in [2.75, 3.05) is 20.3 Å². The van der Waals surface area contributed by atoms with Gasteiger partial charge in [0.2, 0.25) is 0 Å². The van der Waals surface area contributed by atoms with E-state index in [1.807, 2.05) is 13.8 Å². The second-order valence-electron chi connectivity index (χ2n) is 3.33. The smallest absolute Gasteiger partial charge is 0.314 e.